The van der Waals surface area contributed by atoms with Gasteiger partial charge in [-0.1, -0.05) is 152 Å². The molecule has 0 aliphatic rings. The Labute approximate surface area is 370 Å². The molecule has 0 fully saturated rings. The quantitative estimate of drug-likeness (QED) is 0.0733. The van der Waals surface area contributed by atoms with Crippen molar-refractivity contribution < 1.29 is 33.7 Å². The fourth-order valence-electron chi connectivity index (χ4n) is 6.99. The number of rotatable bonds is 22. The van der Waals surface area contributed by atoms with E-state index in [4.69, 9.17) is 28.4 Å². The van der Waals surface area contributed by atoms with Crippen LogP contribution >= 0.6 is 0 Å². The molecule has 0 bridgehead atoms. The molecule has 0 unspecified atom stereocenters. The van der Waals surface area contributed by atoms with Gasteiger partial charge in [0.1, 0.15) is 87.2 Å². The van der Waals surface area contributed by atoms with Crippen LogP contribution in [0.1, 0.15) is 44.5 Å². The Kier molecular flexibility index (Phi) is 15.0. The SMILES string of the molecule is c1ccc(C[NH2+]Cc2cc(OCc3cc(OCc4ccccc4)cc(OCc4ccccc4)c3)cc(OCc3cc(OCc4ccccc4)cc(OCc4ccccc4)c3)c2)cc1. The summed E-state index contributed by atoms with van der Waals surface area (Å²) in [5.74, 6) is 4.23. The Bertz CT molecular complexity index is 2310. The molecule has 0 spiro atoms. The fraction of sp³-hybridized carbons (Fsp3) is 0.143. The van der Waals surface area contributed by atoms with Crippen molar-refractivity contribution in [2.24, 2.45) is 0 Å². The number of ether oxygens (including phenoxy) is 6. The molecule has 7 nitrogen and oxygen atoms in total. The van der Waals surface area contributed by atoms with E-state index in [-0.39, 0.29) is 0 Å². The normalized spacial score (nSPS) is 10.8. The lowest BCUT2D eigenvalue weighted by molar-refractivity contribution is -0.686. The van der Waals surface area contributed by atoms with Crippen molar-refractivity contribution in [3.63, 3.8) is 0 Å². The standard InChI is InChI=1S/C56H51NO6/c1-6-16-43(17-7-1)35-57-36-48-26-51(62-41-49-28-53(58-37-44-18-8-2-9-19-44)33-54(29-49)59-38-45-20-10-3-11-21-45)32-52(27-48)63-42-50-30-55(60-39-46-22-12-4-13-23-46)34-56(31-50)61-40-47-24-14-5-15-25-47/h1-34,57H,35-42H2/p+1. The van der Waals surface area contributed by atoms with Crippen LogP contribution < -0.4 is 33.7 Å². The van der Waals surface area contributed by atoms with Gasteiger partial charge >= 0.3 is 0 Å². The average molecular weight is 835 g/mol. The predicted molar refractivity (Wildman–Crippen MR) is 247 cm³/mol. The monoisotopic (exact) mass is 834 g/mol. The summed E-state index contributed by atoms with van der Waals surface area (Å²) >= 11 is 0. The number of quaternary nitrogens is 1. The van der Waals surface area contributed by atoms with Crippen molar-refractivity contribution in [1.29, 1.82) is 0 Å². The van der Waals surface area contributed by atoms with Crippen LogP contribution in [-0.2, 0) is 52.7 Å². The predicted octanol–water partition coefficient (Wildman–Crippen LogP) is 11.4. The summed E-state index contributed by atoms with van der Waals surface area (Å²) in [5, 5.41) is 2.28. The van der Waals surface area contributed by atoms with Crippen molar-refractivity contribution in [2.45, 2.75) is 52.7 Å². The summed E-state index contributed by atoms with van der Waals surface area (Å²) in [6.07, 6.45) is 0. The van der Waals surface area contributed by atoms with Gasteiger partial charge in [0.15, 0.2) is 0 Å². The zero-order valence-electron chi connectivity index (χ0n) is 35.3. The maximum atomic E-state index is 6.57. The lowest BCUT2D eigenvalue weighted by Crippen LogP contribution is -2.80. The van der Waals surface area contributed by atoms with E-state index in [1.165, 1.54) is 5.56 Å². The second-order valence-electron chi connectivity index (χ2n) is 15.3. The van der Waals surface area contributed by atoms with Gasteiger partial charge < -0.3 is 33.7 Å². The number of hydrogen-bond donors (Lipinski definition) is 1. The van der Waals surface area contributed by atoms with Crippen molar-refractivity contribution in [3.8, 4) is 34.5 Å². The van der Waals surface area contributed by atoms with E-state index in [0.29, 0.717) is 74.1 Å². The molecule has 0 atom stereocenters. The van der Waals surface area contributed by atoms with E-state index in [1.54, 1.807) is 0 Å². The first-order valence-electron chi connectivity index (χ1n) is 21.4. The van der Waals surface area contributed by atoms with Gasteiger partial charge in [-0.25, -0.2) is 0 Å². The minimum Gasteiger partial charge on any atom is -0.489 e. The lowest BCUT2D eigenvalue weighted by Gasteiger charge is -2.16. The smallest absolute Gasteiger partial charge is 0.124 e. The molecule has 316 valence electrons. The summed E-state index contributed by atoms with van der Waals surface area (Å²) in [7, 11) is 0. The van der Waals surface area contributed by atoms with E-state index in [2.05, 4.69) is 90.2 Å². The van der Waals surface area contributed by atoms with Gasteiger partial charge in [0, 0.05) is 29.3 Å². The first kappa shape index (κ1) is 42.2. The molecule has 0 amide bonds. The lowest BCUT2D eigenvalue weighted by atomic mass is 10.1. The van der Waals surface area contributed by atoms with Crippen LogP contribution in [0.3, 0.4) is 0 Å². The minimum absolute atomic E-state index is 0.295. The molecule has 0 aromatic heterocycles. The Balaban J connectivity index is 1.00. The second kappa shape index (κ2) is 22.4. The van der Waals surface area contributed by atoms with E-state index in [1.807, 2.05) is 121 Å². The minimum atomic E-state index is 0.295. The zero-order valence-corrected chi connectivity index (χ0v) is 35.3. The molecule has 0 saturated carbocycles. The number of nitrogens with two attached hydrogens (primary N) is 1. The molecule has 8 rings (SSSR count). The fourth-order valence-corrected chi connectivity index (χ4v) is 6.99. The van der Waals surface area contributed by atoms with Gasteiger partial charge in [-0.3, -0.25) is 0 Å². The molecule has 7 heteroatoms. The summed E-state index contributed by atoms with van der Waals surface area (Å²) in [4.78, 5) is 0. The van der Waals surface area contributed by atoms with Crippen molar-refractivity contribution in [1.82, 2.24) is 0 Å². The highest BCUT2D eigenvalue weighted by Crippen LogP contribution is 2.30. The molecule has 2 N–H and O–H groups in total. The molecular weight excluding hydrogens is 783 g/mol. The van der Waals surface area contributed by atoms with Gasteiger partial charge in [-0.2, -0.15) is 0 Å². The third-order valence-corrected chi connectivity index (χ3v) is 10.2. The first-order chi connectivity index (χ1) is 31.1. The van der Waals surface area contributed by atoms with Crippen LogP contribution in [0, 0.1) is 0 Å². The Morgan fingerprint density at radius 2 is 0.444 bits per heavy atom. The highest BCUT2D eigenvalue weighted by Gasteiger charge is 2.12. The first-order valence-corrected chi connectivity index (χ1v) is 21.4. The van der Waals surface area contributed by atoms with E-state index in [9.17, 15) is 0 Å². The Morgan fingerprint density at radius 1 is 0.222 bits per heavy atom. The van der Waals surface area contributed by atoms with Gasteiger partial charge in [0.25, 0.3) is 0 Å². The molecule has 8 aromatic rings. The Hall–Kier alpha value is -7.48. The van der Waals surface area contributed by atoms with Gasteiger partial charge in [0.05, 0.1) is 0 Å². The number of benzene rings is 8. The third kappa shape index (κ3) is 13.8. The molecule has 0 heterocycles. The van der Waals surface area contributed by atoms with E-state index in [0.717, 1.165) is 52.0 Å². The molecule has 0 aliphatic heterocycles. The summed E-state index contributed by atoms with van der Waals surface area (Å²) in [6, 6.07) is 69.1. The van der Waals surface area contributed by atoms with Crippen LogP contribution in [0.4, 0.5) is 0 Å². The van der Waals surface area contributed by atoms with Crippen LogP contribution in [0.5, 0.6) is 34.5 Å². The van der Waals surface area contributed by atoms with Gasteiger partial charge in [-0.15, -0.1) is 0 Å². The molecule has 0 radical (unpaired) electrons. The summed E-state index contributed by atoms with van der Waals surface area (Å²) < 4.78 is 38.3. The van der Waals surface area contributed by atoms with Gasteiger partial charge in [0.2, 0.25) is 0 Å². The highest BCUT2D eigenvalue weighted by atomic mass is 16.5. The average Bonchev–Trinajstić information content (AvgIpc) is 3.34. The molecule has 0 aliphatic carbocycles. The van der Waals surface area contributed by atoms with E-state index >= 15 is 0 Å². The van der Waals surface area contributed by atoms with Crippen LogP contribution in [0.2, 0.25) is 0 Å². The zero-order chi connectivity index (χ0) is 42.7. The molecule has 8 aromatic carbocycles. The molecular formula is C56H52NO6+. The maximum absolute atomic E-state index is 6.57. The summed E-state index contributed by atoms with van der Waals surface area (Å²) in [6.45, 7) is 3.94. The molecule has 0 saturated heterocycles. The van der Waals surface area contributed by atoms with Crippen molar-refractivity contribution >= 4 is 0 Å². The van der Waals surface area contributed by atoms with Crippen molar-refractivity contribution in [2.75, 3.05) is 0 Å². The number of hydrogen-bond acceptors (Lipinski definition) is 6. The molecule has 63 heavy (non-hydrogen) atoms. The van der Waals surface area contributed by atoms with Crippen LogP contribution in [-0.4, -0.2) is 0 Å². The maximum Gasteiger partial charge on any atom is 0.124 e. The second-order valence-corrected chi connectivity index (χ2v) is 15.3. The Morgan fingerprint density at radius 3 is 0.730 bits per heavy atom. The van der Waals surface area contributed by atoms with Crippen LogP contribution in [0.25, 0.3) is 0 Å². The highest BCUT2D eigenvalue weighted by molar-refractivity contribution is 5.42. The van der Waals surface area contributed by atoms with E-state index < -0.39 is 0 Å². The van der Waals surface area contributed by atoms with Gasteiger partial charge in [-0.05, 0) is 69.8 Å². The largest absolute Gasteiger partial charge is 0.489 e. The third-order valence-electron chi connectivity index (χ3n) is 10.2. The van der Waals surface area contributed by atoms with Crippen LogP contribution in [0.15, 0.2) is 206 Å². The van der Waals surface area contributed by atoms with Crippen molar-refractivity contribution in [3.05, 3.63) is 251 Å². The topological polar surface area (TPSA) is 72.0 Å². The summed E-state index contributed by atoms with van der Waals surface area (Å²) in [5.41, 5.74) is 8.52.